The third-order valence-corrected chi connectivity index (χ3v) is 5.13. The van der Waals surface area contributed by atoms with Crippen LogP contribution in [0.3, 0.4) is 0 Å². The van der Waals surface area contributed by atoms with Gasteiger partial charge in [0.25, 0.3) is 0 Å². The first-order valence-corrected chi connectivity index (χ1v) is 8.72. The quantitative estimate of drug-likeness (QED) is 0.767. The fraction of sp³-hybridized carbons (Fsp3) is 0.368. The second-order valence-electron chi connectivity index (χ2n) is 6.71. The minimum atomic E-state index is 0.175. The Kier molecular flexibility index (Phi) is 3.82. The van der Waals surface area contributed by atoms with Crippen LogP contribution >= 0.6 is 11.6 Å². The van der Waals surface area contributed by atoms with Gasteiger partial charge in [0, 0.05) is 24.3 Å². The van der Waals surface area contributed by atoms with Gasteiger partial charge >= 0.3 is 0 Å². The molecule has 3 aliphatic heterocycles. The molecule has 3 heterocycles. The summed E-state index contributed by atoms with van der Waals surface area (Å²) in [7, 11) is 2.14. The summed E-state index contributed by atoms with van der Waals surface area (Å²) in [4.78, 5) is 14.3. The Bertz CT molecular complexity index is 819. The second kappa shape index (κ2) is 5.87. The van der Waals surface area contributed by atoms with E-state index in [9.17, 15) is 0 Å². The molecule has 0 bridgehead atoms. The van der Waals surface area contributed by atoms with Crippen LogP contribution in [-0.2, 0) is 0 Å². The molecule has 3 aliphatic rings. The maximum Gasteiger partial charge on any atom is 0.159 e. The van der Waals surface area contributed by atoms with Crippen molar-refractivity contribution in [2.75, 3.05) is 25.0 Å². The third kappa shape index (κ3) is 2.60. The summed E-state index contributed by atoms with van der Waals surface area (Å²) in [5.41, 5.74) is 5.49. The number of anilines is 1. The molecule has 4 rings (SSSR count). The van der Waals surface area contributed by atoms with Crippen LogP contribution in [0.15, 0.2) is 51.6 Å². The molecule has 0 spiro atoms. The number of benzene rings is 1. The first-order chi connectivity index (χ1) is 11.5. The Morgan fingerprint density at radius 1 is 1.29 bits per heavy atom. The van der Waals surface area contributed by atoms with E-state index in [1.54, 1.807) is 0 Å². The van der Waals surface area contributed by atoms with Crippen molar-refractivity contribution in [3.05, 3.63) is 46.6 Å². The van der Waals surface area contributed by atoms with Gasteiger partial charge in [-0.25, -0.2) is 4.99 Å². The Hall–Kier alpha value is -1.91. The fourth-order valence-electron chi connectivity index (χ4n) is 3.23. The third-order valence-electron chi connectivity index (χ3n) is 4.89. The lowest BCUT2D eigenvalue weighted by Crippen LogP contribution is -2.41. The van der Waals surface area contributed by atoms with E-state index in [4.69, 9.17) is 21.6 Å². The molecule has 1 aromatic rings. The van der Waals surface area contributed by atoms with Gasteiger partial charge < -0.3 is 4.90 Å². The SMILES string of the molecule is CC1=CN2C(=NC1C)C(C1=CCN(C)CC1)=Nc1ccc(Cl)cc12. The highest BCUT2D eigenvalue weighted by atomic mass is 35.5. The van der Waals surface area contributed by atoms with Crippen molar-refractivity contribution in [2.45, 2.75) is 26.3 Å². The number of nitrogens with zero attached hydrogens (tertiary/aromatic N) is 4. The molecule has 0 saturated carbocycles. The maximum atomic E-state index is 6.22. The predicted molar refractivity (Wildman–Crippen MR) is 102 cm³/mol. The van der Waals surface area contributed by atoms with Gasteiger partial charge in [0.1, 0.15) is 5.71 Å². The highest BCUT2D eigenvalue weighted by molar-refractivity contribution is 6.54. The molecule has 0 amide bonds. The summed E-state index contributed by atoms with van der Waals surface area (Å²) in [5.74, 6) is 0.943. The average Bonchev–Trinajstić information content (AvgIpc) is 2.57. The van der Waals surface area contributed by atoms with E-state index >= 15 is 0 Å². The number of amidine groups is 1. The van der Waals surface area contributed by atoms with E-state index in [-0.39, 0.29) is 6.04 Å². The van der Waals surface area contributed by atoms with Crippen LogP contribution in [0, 0.1) is 0 Å². The number of fused-ring (bicyclic) bond motifs is 3. The maximum absolute atomic E-state index is 6.22. The van der Waals surface area contributed by atoms with E-state index in [0.29, 0.717) is 0 Å². The number of aliphatic imine (C=N–C) groups is 2. The summed E-state index contributed by atoms with van der Waals surface area (Å²) in [6, 6.07) is 6.03. The number of halogens is 1. The molecular weight excluding hydrogens is 320 g/mol. The van der Waals surface area contributed by atoms with Gasteiger partial charge in [-0.15, -0.1) is 0 Å². The normalized spacial score (nSPS) is 23.7. The Morgan fingerprint density at radius 3 is 2.88 bits per heavy atom. The van der Waals surface area contributed by atoms with Gasteiger partial charge in [0.05, 0.1) is 17.4 Å². The van der Waals surface area contributed by atoms with Gasteiger partial charge in [-0.1, -0.05) is 17.7 Å². The summed E-state index contributed by atoms with van der Waals surface area (Å²) >= 11 is 6.22. The Balaban J connectivity index is 1.87. The molecule has 0 aliphatic carbocycles. The van der Waals surface area contributed by atoms with Crippen molar-refractivity contribution in [1.82, 2.24) is 4.90 Å². The van der Waals surface area contributed by atoms with Crippen LogP contribution in [0.1, 0.15) is 20.3 Å². The lowest BCUT2D eigenvalue weighted by Gasteiger charge is -2.35. The molecule has 0 saturated heterocycles. The molecule has 24 heavy (non-hydrogen) atoms. The van der Waals surface area contributed by atoms with Gasteiger partial charge in [0.15, 0.2) is 5.84 Å². The van der Waals surface area contributed by atoms with Crippen molar-refractivity contribution < 1.29 is 0 Å². The van der Waals surface area contributed by atoms with Crippen molar-refractivity contribution in [3.8, 4) is 0 Å². The zero-order valence-corrected chi connectivity index (χ0v) is 15.0. The minimum absolute atomic E-state index is 0.175. The number of rotatable bonds is 1. The summed E-state index contributed by atoms with van der Waals surface area (Å²) in [6.45, 7) is 6.26. The smallest absolute Gasteiger partial charge is 0.159 e. The molecule has 0 aromatic heterocycles. The Morgan fingerprint density at radius 2 is 2.12 bits per heavy atom. The molecule has 1 atom stereocenters. The summed E-state index contributed by atoms with van der Waals surface area (Å²) in [6.07, 6.45) is 5.45. The van der Waals surface area contributed by atoms with Crippen LogP contribution in [0.5, 0.6) is 0 Å². The van der Waals surface area contributed by atoms with Crippen molar-refractivity contribution in [3.63, 3.8) is 0 Å². The van der Waals surface area contributed by atoms with Gasteiger partial charge in [-0.05, 0) is 56.7 Å². The summed E-state index contributed by atoms with van der Waals surface area (Å²) in [5, 5.41) is 0.718. The highest BCUT2D eigenvalue weighted by Crippen LogP contribution is 2.39. The lowest BCUT2D eigenvalue weighted by molar-refractivity contribution is 0.363. The number of likely N-dealkylation sites (N-methyl/N-ethyl adjacent to an activating group) is 1. The molecule has 5 heteroatoms. The van der Waals surface area contributed by atoms with Crippen LogP contribution in [-0.4, -0.2) is 42.6 Å². The van der Waals surface area contributed by atoms with Crippen LogP contribution < -0.4 is 4.90 Å². The monoisotopic (exact) mass is 340 g/mol. The number of hydrogen-bond donors (Lipinski definition) is 0. The second-order valence-corrected chi connectivity index (χ2v) is 7.14. The predicted octanol–water partition coefficient (Wildman–Crippen LogP) is 4.20. The largest absolute Gasteiger partial charge is 0.302 e. The van der Waals surface area contributed by atoms with Gasteiger partial charge in [-0.3, -0.25) is 9.89 Å². The molecule has 0 radical (unpaired) electrons. The minimum Gasteiger partial charge on any atom is -0.302 e. The molecule has 0 fully saturated rings. The van der Waals surface area contributed by atoms with Crippen LogP contribution in [0.2, 0.25) is 5.02 Å². The van der Waals surface area contributed by atoms with Crippen molar-refractivity contribution in [1.29, 1.82) is 0 Å². The zero-order chi connectivity index (χ0) is 16.8. The lowest BCUT2D eigenvalue weighted by atomic mass is 9.98. The first-order valence-electron chi connectivity index (χ1n) is 8.35. The number of hydrogen-bond acceptors (Lipinski definition) is 4. The van der Waals surface area contributed by atoms with Gasteiger partial charge in [-0.2, -0.15) is 0 Å². The molecule has 4 nitrogen and oxygen atoms in total. The zero-order valence-electron chi connectivity index (χ0n) is 14.3. The Labute approximate surface area is 147 Å². The highest BCUT2D eigenvalue weighted by Gasteiger charge is 2.31. The van der Waals surface area contributed by atoms with Crippen molar-refractivity contribution in [2.24, 2.45) is 9.98 Å². The molecular formula is C19H21ClN4. The first kappa shape index (κ1) is 15.6. The summed E-state index contributed by atoms with van der Waals surface area (Å²) < 4.78 is 0. The molecule has 1 unspecified atom stereocenters. The fourth-order valence-corrected chi connectivity index (χ4v) is 3.40. The van der Waals surface area contributed by atoms with Crippen LogP contribution in [0.4, 0.5) is 11.4 Å². The molecule has 1 aromatic carbocycles. The average molecular weight is 341 g/mol. The van der Waals surface area contributed by atoms with E-state index in [1.165, 1.54) is 11.1 Å². The molecule has 0 N–H and O–H groups in total. The molecule has 124 valence electrons. The van der Waals surface area contributed by atoms with Crippen LogP contribution in [0.25, 0.3) is 0 Å². The standard InChI is InChI=1S/C19H21ClN4/c1-12-11-24-17-10-15(20)4-5-16(17)22-18(19(24)21-13(12)2)14-6-8-23(3)9-7-14/h4-6,10-11,13H,7-9H2,1-3H3. The van der Waals surface area contributed by atoms with Crippen molar-refractivity contribution >= 4 is 34.5 Å². The van der Waals surface area contributed by atoms with E-state index in [1.807, 2.05) is 18.2 Å². The van der Waals surface area contributed by atoms with E-state index < -0.39 is 0 Å². The topological polar surface area (TPSA) is 31.2 Å². The van der Waals surface area contributed by atoms with Gasteiger partial charge in [0.2, 0.25) is 0 Å². The van der Waals surface area contributed by atoms with E-state index in [2.05, 4.69) is 43.0 Å². The van der Waals surface area contributed by atoms with E-state index in [0.717, 1.165) is 47.5 Å².